The summed E-state index contributed by atoms with van der Waals surface area (Å²) in [5.41, 5.74) is 0. The van der Waals surface area contributed by atoms with E-state index in [0.717, 1.165) is 6.61 Å². The Morgan fingerprint density at radius 1 is 1.24 bits per heavy atom. The lowest BCUT2D eigenvalue weighted by Crippen LogP contribution is -2.10. The molecule has 0 bridgehead atoms. The first-order valence-electron chi connectivity index (χ1n) is 5.73. The molecular weight excluding hydrogens is 248 g/mol. The normalized spacial score (nSPS) is 12.8. The molecule has 17 heavy (non-hydrogen) atoms. The van der Waals surface area contributed by atoms with E-state index in [1.54, 1.807) is 0 Å². The molecule has 0 fully saturated rings. The third-order valence-corrected chi connectivity index (χ3v) is 2.13. The molecule has 0 aliphatic carbocycles. The number of unbranched alkanes of at least 4 members (excludes halogenated alkanes) is 1. The van der Waals surface area contributed by atoms with Gasteiger partial charge in [-0.05, 0) is 12.3 Å². The lowest BCUT2D eigenvalue weighted by molar-refractivity contribution is 0.0640. The zero-order valence-corrected chi connectivity index (χ0v) is 11.3. The van der Waals surface area contributed by atoms with E-state index in [9.17, 15) is 0 Å². The minimum Gasteiger partial charge on any atom is -0.394 e. The highest BCUT2D eigenvalue weighted by Crippen LogP contribution is 2.12. The van der Waals surface area contributed by atoms with Crippen LogP contribution in [-0.2, 0) is 15.1 Å². The van der Waals surface area contributed by atoms with Crippen LogP contribution in [0.15, 0.2) is 0 Å². The Hall–Kier alpha value is -0.210. The van der Waals surface area contributed by atoms with Crippen LogP contribution in [0.3, 0.4) is 0 Å². The van der Waals surface area contributed by atoms with Gasteiger partial charge in [0.15, 0.2) is 0 Å². The first-order chi connectivity index (χ1) is 7.85. The summed E-state index contributed by atoms with van der Waals surface area (Å²) in [7, 11) is -4.67. The van der Waals surface area contributed by atoms with Gasteiger partial charge in [0.05, 0.1) is 13.2 Å². The van der Waals surface area contributed by atoms with E-state index < -0.39 is 10.4 Å². The van der Waals surface area contributed by atoms with E-state index in [1.807, 2.05) is 0 Å². The molecule has 0 aliphatic heterocycles. The average Bonchev–Trinajstić information content (AvgIpc) is 2.21. The molecule has 0 aromatic carbocycles. The van der Waals surface area contributed by atoms with E-state index in [0.29, 0.717) is 12.5 Å². The second-order valence-electron chi connectivity index (χ2n) is 3.66. The second-order valence-corrected chi connectivity index (χ2v) is 4.56. The van der Waals surface area contributed by atoms with Crippen LogP contribution < -0.4 is 0 Å². The van der Waals surface area contributed by atoms with Crippen LogP contribution >= 0.6 is 0 Å². The van der Waals surface area contributed by atoms with Crippen molar-refractivity contribution >= 4 is 10.4 Å². The first kappa shape index (κ1) is 19.1. The summed E-state index contributed by atoms with van der Waals surface area (Å²) in [5.74, 6) is 0.691. The maximum Gasteiger partial charge on any atom is 0.394 e. The van der Waals surface area contributed by atoms with E-state index >= 15 is 0 Å². The Bertz CT molecular complexity index is 231. The van der Waals surface area contributed by atoms with E-state index in [1.165, 1.54) is 25.7 Å². The zero-order valence-electron chi connectivity index (χ0n) is 10.5. The van der Waals surface area contributed by atoms with Crippen LogP contribution in [0.1, 0.15) is 39.5 Å². The summed E-state index contributed by atoms with van der Waals surface area (Å²) in [6.45, 7) is 5.85. The fourth-order valence-electron chi connectivity index (χ4n) is 1.21. The molecule has 0 aromatic rings. The highest BCUT2D eigenvalue weighted by Gasteiger charge is 2.04. The van der Waals surface area contributed by atoms with Crippen LogP contribution in [0, 0.1) is 5.92 Å². The molecule has 3 N–H and O–H groups in total. The lowest BCUT2D eigenvalue weighted by Gasteiger charge is -2.13. The molecule has 0 amide bonds. The Kier molecular flexibility index (Phi) is 13.8. The van der Waals surface area contributed by atoms with Gasteiger partial charge < -0.3 is 9.84 Å². The molecule has 1 atom stereocenters. The second kappa shape index (κ2) is 12.3. The van der Waals surface area contributed by atoms with Crippen molar-refractivity contribution in [2.24, 2.45) is 5.92 Å². The Morgan fingerprint density at radius 2 is 1.76 bits per heavy atom. The van der Waals surface area contributed by atoms with Gasteiger partial charge in [-0.25, -0.2) is 0 Å². The summed E-state index contributed by atoms with van der Waals surface area (Å²) in [6, 6.07) is 0. The van der Waals surface area contributed by atoms with Crippen LogP contribution in [0.5, 0.6) is 0 Å². The smallest absolute Gasteiger partial charge is 0.394 e. The standard InChI is InChI=1S/C10H22O2.H2O4S/c1-3-5-6-10(4-2)9-12-8-7-11;1-5(2,3)4/h10-11H,3-9H2,1-2H3;(H2,1,2,3,4). The molecule has 0 spiro atoms. The van der Waals surface area contributed by atoms with Gasteiger partial charge in [0.25, 0.3) is 0 Å². The molecule has 0 aliphatic rings. The number of hydrogen-bond acceptors (Lipinski definition) is 4. The van der Waals surface area contributed by atoms with Crippen molar-refractivity contribution in [2.75, 3.05) is 19.8 Å². The maximum absolute atomic E-state index is 8.74. The summed E-state index contributed by atoms with van der Waals surface area (Å²) in [5, 5.41) is 8.50. The fraction of sp³-hybridized carbons (Fsp3) is 1.00. The van der Waals surface area contributed by atoms with Crippen LogP contribution in [-0.4, -0.2) is 42.5 Å². The maximum atomic E-state index is 8.74. The van der Waals surface area contributed by atoms with Gasteiger partial charge >= 0.3 is 10.4 Å². The SMILES string of the molecule is CCCCC(CC)COCCO.O=S(=O)(O)O. The van der Waals surface area contributed by atoms with Crippen molar-refractivity contribution in [3.05, 3.63) is 0 Å². The molecule has 0 saturated carbocycles. The van der Waals surface area contributed by atoms with Gasteiger partial charge in [-0.3, -0.25) is 9.11 Å². The van der Waals surface area contributed by atoms with Crippen molar-refractivity contribution in [1.82, 2.24) is 0 Å². The van der Waals surface area contributed by atoms with Gasteiger partial charge in [-0.2, -0.15) is 8.42 Å². The van der Waals surface area contributed by atoms with Crippen LogP contribution in [0.25, 0.3) is 0 Å². The number of aliphatic hydroxyl groups excluding tert-OH is 1. The third kappa shape index (κ3) is 25.8. The molecule has 6 nitrogen and oxygen atoms in total. The largest absolute Gasteiger partial charge is 0.394 e. The van der Waals surface area contributed by atoms with Gasteiger partial charge in [0.1, 0.15) is 0 Å². The van der Waals surface area contributed by atoms with Crippen LogP contribution in [0.2, 0.25) is 0 Å². The van der Waals surface area contributed by atoms with Crippen molar-refractivity contribution in [2.45, 2.75) is 39.5 Å². The Morgan fingerprint density at radius 3 is 2.12 bits per heavy atom. The molecule has 0 saturated heterocycles. The summed E-state index contributed by atoms with van der Waals surface area (Å²) < 4.78 is 36.9. The first-order valence-corrected chi connectivity index (χ1v) is 7.13. The van der Waals surface area contributed by atoms with E-state index in [2.05, 4.69) is 13.8 Å². The minimum absolute atomic E-state index is 0.143. The fourth-order valence-corrected chi connectivity index (χ4v) is 1.21. The molecule has 0 rings (SSSR count). The van der Waals surface area contributed by atoms with Gasteiger partial charge in [0.2, 0.25) is 0 Å². The van der Waals surface area contributed by atoms with Gasteiger partial charge in [0, 0.05) is 6.61 Å². The highest BCUT2D eigenvalue weighted by atomic mass is 32.3. The molecular formula is C10H24O6S. The van der Waals surface area contributed by atoms with Crippen molar-refractivity contribution < 1.29 is 27.4 Å². The zero-order chi connectivity index (χ0) is 13.7. The van der Waals surface area contributed by atoms with Gasteiger partial charge in [-0.1, -0.05) is 33.1 Å². The minimum atomic E-state index is -4.67. The lowest BCUT2D eigenvalue weighted by atomic mass is 10.0. The van der Waals surface area contributed by atoms with E-state index in [4.69, 9.17) is 27.4 Å². The number of aliphatic hydroxyl groups is 1. The Balaban J connectivity index is 0. The molecule has 0 heterocycles. The van der Waals surface area contributed by atoms with Gasteiger partial charge in [-0.15, -0.1) is 0 Å². The molecule has 7 heteroatoms. The molecule has 0 radical (unpaired) electrons. The van der Waals surface area contributed by atoms with E-state index in [-0.39, 0.29) is 6.61 Å². The monoisotopic (exact) mass is 272 g/mol. The molecule has 106 valence electrons. The topological polar surface area (TPSA) is 104 Å². The highest BCUT2D eigenvalue weighted by molar-refractivity contribution is 7.79. The number of hydrogen-bond donors (Lipinski definition) is 3. The predicted octanol–water partition coefficient (Wildman–Crippen LogP) is 1.56. The summed E-state index contributed by atoms with van der Waals surface area (Å²) in [6.07, 6.45) is 5.00. The predicted molar refractivity (Wildman–Crippen MR) is 65.4 cm³/mol. The van der Waals surface area contributed by atoms with Crippen molar-refractivity contribution in [3.63, 3.8) is 0 Å². The third-order valence-electron chi connectivity index (χ3n) is 2.13. The van der Waals surface area contributed by atoms with Crippen molar-refractivity contribution in [3.8, 4) is 0 Å². The summed E-state index contributed by atoms with van der Waals surface area (Å²) in [4.78, 5) is 0. The average molecular weight is 272 g/mol. The van der Waals surface area contributed by atoms with Crippen LogP contribution in [0.4, 0.5) is 0 Å². The molecule has 0 aromatic heterocycles. The number of rotatable bonds is 8. The molecule has 1 unspecified atom stereocenters. The summed E-state index contributed by atoms with van der Waals surface area (Å²) >= 11 is 0. The Labute approximate surface area is 104 Å². The quantitative estimate of drug-likeness (QED) is 0.457. The number of ether oxygens (including phenoxy) is 1. The van der Waals surface area contributed by atoms with Crippen molar-refractivity contribution in [1.29, 1.82) is 0 Å².